The Morgan fingerprint density at radius 1 is 1.45 bits per heavy atom. The van der Waals surface area contributed by atoms with Gasteiger partial charge in [0.1, 0.15) is 6.10 Å². The van der Waals surface area contributed by atoms with Crippen LogP contribution in [0.3, 0.4) is 0 Å². The van der Waals surface area contributed by atoms with E-state index in [1.165, 1.54) is 0 Å². The van der Waals surface area contributed by atoms with Crippen LogP contribution >= 0.6 is 0 Å². The van der Waals surface area contributed by atoms with Gasteiger partial charge in [0.15, 0.2) is 0 Å². The third-order valence-corrected chi connectivity index (χ3v) is 2.40. The second-order valence-corrected chi connectivity index (χ2v) is 3.20. The third-order valence-electron chi connectivity index (χ3n) is 2.40. The largest absolute Gasteiger partial charge is 0.390 e. The predicted octanol–water partition coefficient (Wildman–Crippen LogP) is 0.153. The van der Waals surface area contributed by atoms with Gasteiger partial charge >= 0.3 is 0 Å². The standard InChI is InChI=1S/C8H16O3/c1-3-7-5(2)8(10)6(9)4-11-7/h5-10H,3-4H2,1-2H3/t5?,6?,7?,8-/m0/s1. The number of aliphatic hydroxyl groups is 2. The van der Waals surface area contributed by atoms with E-state index in [0.717, 1.165) is 6.42 Å². The zero-order valence-corrected chi connectivity index (χ0v) is 7.03. The molecule has 1 aliphatic heterocycles. The fourth-order valence-corrected chi connectivity index (χ4v) is 1.53. The van der Waals surface area contributed by atoms with Crippen molar-refractivity contribution in [3.8, 4) is 0 Å². The van der Waals surface area contributed by atoms with E-state index in [9.17, 15) is 10.2 Å². The zero-order chi connectivity index (χ0) is 8.43. The van der Waals surface area contributed by atoms with E-state index in [-0.39, 0.29) is 18.6 Å². The lowest BCUT2D eigenvalue weighted by Gasteiger charge is -2.35. The summed E-state index contributed by atoms with van der Waals surface area (Å²) in [6, 6.07) is 0. The number of aliphatic hydroxyl groups excluding tert-OH is 2. The van der Waals surface area contributed by atoms with Gasteiger partial charge in [0, 0.05) is 5.92 Å². The second kappa shape index (κ2) is 3.52. The van der Waals surface area contributed by atoms with Gasteiger partial charge in [-0.15, -0.1) is 0 Å². The smallest absolute Gasteiger partial charge is 0.104 e. The molecule has 4 atom stereocenters. The number of ether oxygens (including phenoxy) is 1. The Hall–Kier alpha value is -0.120. The van der Waals surface area contributed by atoms with Gasteiger partial charge in [-0.25, -0.2) is 0 Å². The SMILES string of the molecule is CCC1OCC(O)[C@@H](O)C1C. The number of rotatable bonds is 1. The van der Waals surface area contributed by atoms with Gasteiger partial charge in [-0.3, -0.25) is 0 Å². The van der Waals surface area contributed by atoms with Crippen molar-refractivity contribution < 1.29 is 14.9 Å². The van der Waals surface area contributed by atoms with Gasteiger partial charge in [0.05, 0.1) is 18.8 Å². The average molecular weight is 160 g/mol. The lowest BCUT2D eigenvalue weighted by molar-refractivity contribution is -0.153. The molecule has 3 nitrogen and oxygen atoms in total. The quantitative estimate of drug-likeness (QED) is 0.574. The molecule has 66 valence electrons. The van der Waals surface area contributed by atoms with Gasteiger partial charge in [0.25, 0.3) is 0 Å². The van der Waals surface area contributed by atoms with Crippen LogP contribution in [0.4, 0.5) is 0 Å². The molecular formula is C8H16O3. The van der Waals surface area contributed by atoms with Crippen LogP contribution in [0.15, 0.2) is 0 Å². The van der Waals surface area contributed by atoms with Crippen molar-refractivity contribution in [1.82, 2.24) is 0 Å². The molecule has 0 aromatic carbocycles. The first kappa shape index (κ1) is 8.97. The lowest BCUT2D eigenvalue weighted by Crippen LogP contribution is -2.47. The maximum absolute atomic E-state index is 9.42. The second-order valence-electron chi connectivity index (χ2n) is 3.20. The van der Waals surface area contributed by atoms with Gasteiger partial charge in [-0.05, 0) is 6.42 Å². The fourth-order valence-electron chi connectivity index (χ4n) is 1.53. The van der Waals surface area contributed by atoms with Gasteiger partial charge in [0.2, 0.25) is 0 Å². The van der Waals surface area contributed by atoms with Gasteiger partial charge in [-0.2, -0.15) is 0 Å². The van der Waals surface area contributed by atoms with E-state index in [2.05, 4.69) is 0 Å². The highest BCUT2D eigenvalue weighted by Gasteiger charge is 2.34. The molecule has 1 saturated heterocycles. The molecule has 0 aromatic heterocycles. The first-order valence-electron chi connectivity index (χ1n) is 4.14. The van der Waals surface area contributed by atoms with Crippen LogP contribution in [0.25, 0.3) is 0 Å². The Labute approximate surface area is 67.0 Å². The number of hydrogen-bond acceptors (Lipinski definition) is 3. The summed E-state index contributed by atoms with van der Waals surface area (Å²) in [4.78, 5) is 0. The summed E-state index contributed by atoms with van der Waals surface area (Å²) in [6.45, 7) is 4.19. The van der Waals surface area contributed by atoms with Crippen LogP contribution in [-0.2, 0) is 4.74 Å². The van der Waals surface area contributed by atoms with Crippen LogP contribution in [0.1, 0.15) is 20.3 Å². The highest BCUT2D eigenvalue weighted by molar-refractivity contribution is 4.82. The van der Waals surface area contributed by atoms with E-state index in [1.807, 2.05) is 13.8 Å². The predicted molar refractivity (Wildman–Crippen MR) is 41.2 cm³/mol. The Bertz CT molecular complexity index is 125. The summed E-state index contributed by atoms with van der Waals surface area (Å²) in [5.41, 5.74) is 0. The summed E-state index contributed by atoms with van der Waals surface area (Å²) >= 11 is 0. The van der Waals surface area contributed by atoms with Crippen LogP contribution in [0, 0.1) is 5.92 Å². The normalized spacial score (nSPS) is 45.8. The van der Waals surface area contributed by atoms with Crippen LogP contribution in [0.2, 0.25) is 0 Å². The van der Waals surface area contributed by atoms with Crippen molar-refractivity contribution in [3.05, 3.63) is 0 Å². The molecule has 0 aromatic rings. The molecule has 0 aliphatic carbocycles. The molecule has 0 radical (unpaired) electrons. The molecule has 3 unspecified atom stereocenters. The lowest BCUT2D eigenvalue weighted by atomic mass is 9.90. The fraction of sp³-hybridized carbons (Fsp3) is 1.00. The molecular weight excluding hydrogens is 144 g/mol. The van der Waals surface area contributed by atoms with Crippen molar-refractivity contribution >= 4 is 0 Å². The minimum atomic E-state index is -0.701. The van der Waals surface area contributed by atoms with Crippen LogP contribution < -0.4 is 0 Å². The Morgan fingerprint density at radius 2 is 2.09 bits per heavy atom. The summed E-state index contributed by atoms with van der Waals surface area (Å²) < 4.78 is 5.31. The van der Waals surface area contributed by atoms with Crippen molar-refractivity contribution in [2.75, 3.05) is 6.61 Å². The van der Waals surface area contributed by atoms with E-state index >= 15 is 0 Å². The minimum absolute atomic E-state index is 0.0451. The van der Waals surface area contributed by atoms with E-state index in [0.29, 0.717) is 0 Å². The molecule has 1 aliphatic rings. The molecule has 1 fully saturated rings. The Kier molecular flexibility index (Phi) is 2.87. The van der Waals surface area contributed by atoms with Crippen LogP contribution in [0.5, 0.6) is 0 Å². The molecule has 11 heavy (non-hydrogen) atoms. The number of hydrogen-bond donors (Lipinski definition) is 2. The summed E-state index contributed by atoms with van der Waals surface area (Å²) in [6.07, 6.45) is -0.319. The van der Waals surface area contributed by atoms with Crippen molar-refractivity contribution in [3.63, 3.8) is 0 Å². The highest BCUT2D eigenvalue weighted by Crippen LogP contribution is 2.23. The highest BCUT2D eigenvalue weighted by atomic mass is 16.5. The van der Waals surface area contributed by atoms with E-state index < -0.39 is 12.2 Å². The van der Waals surface area contributed by atoms with Crippen LogP contribution in [-0.4, -0.2) is 35.1 Å². The van der Waals surface area contributed by atoms with Crippen molar-refractivity contribution in [1.29, 1.82) is 0 Å². The third kappa shape index (κ3) is 1.72. The Balaban J connectivity index is 2.52. The molecule has 0 bridgehead atoms. The molecule has 1 heterocycles. The average Bonchev–Trinajstić information content (AvgIpc) is 2.01. The summed E-state index contributed by atoms with van der Waals surface area (Å²) in [7, 11) is 0. The molecule has 1 rings (SSSR count). The van der Waals surface area contributed by atoms with Gasteiger partial charge < -0.3 is 14.9 Å². The zero-order valence-electron chi connectivity index (χ0n) is 7.03. The first-order valence-corrected chi connectivity index (χ1v) is 4.14. The van der Waals surface area contributed by atoms with E-state index in [1.54, 1.807) is 0 Å². The molecule has 2 N–H and O–H groups in total. The van der Waals surface area contributed by atoms with Crippen molar-refractivity contribution in [2.45, 2.75) is 38.6 Å². The maximum atomic E-state index is 9.42. The summed E-state index contributed by atoms with van der Waals surface area (Å²) in [5, 5.41) is 18.6. The minimum Gasteiger partial charge on any atom is -0.390 e. The summed E-state index contributed by atoms with van der Waals surface area (Å²) in [5.74, 6) is 0.0451. The van der Waals surface area contributed by atoms with Crippen molar-refractivity contribution in [2.24, 2.45) is 5.92 Å². The monoisotopic (exact) mass is 160 g/mol. The molecule has 0 spiro atoms. The first-order chi connectivity index (χ1) is 5.16. The molecule has 3 heteroatoms. The molecule has 0 amide bonds. The Morgan fingerprint density at radius 3 is 2.64 bits per heavy atom. The van der Waals surface area contributed by atoms with Gasteiger partial charge in [-0.1, -0.05) is 13.8 Å². The van der Waals surface area contributed by atoms with E-state index in [4.69, 9.17) is 4.74 Å². The maximum Gasteiger partial charge on any atom is 0.104 e. The molecule has 0 saturated carbocycles. The topological polar surface area (TPSA) is 49.7 Å².